The summed E-state index contributed by atoms with van der Waals surface area (Å²) < 4.78 is 5.73. The van der Waals surface area contributed by atoms with Gasteiger partial charge in [-0.15, -0.1) is 0 Å². The highest BCUT2D eigenvalue weighted by atomic mass is 16.5. The van der Waals surface area contributed by atoms with E-state index in [4.69, 9.17) is 9.51 Å². The summed E-state index contributed by atoms with van der Waals surface area (Å²) in [6, 6.07) is 11.7. The molecule has 0 aliphatic heterocycles. The zero-order valence-electron chi connectivity index (χ0n) is 18.1. The van der Waals surface area contributed by atoms with Crippen LogP contribution in [0.3, 0.4) is 0 Å². The highest BCUT2D eigenvalue weighted by Crippen LogP contribution is 2.48. The van der Waals surface area contributed by atoms with Crippen LogP contribution >= 0.6 is 0 Å². The summed E-state index contributed by atoms with van der Waals surface area (Å²) in [4.78, 5) is 16.9. The van der Waals surface area contributed by atoms with Crippen molar-refractivity contribution in [3.05, 3.63) is 47.6 Å². The van der Waals surface area contributed by atoms with E-state index in [9.17, 15) is 4.79 Å². The van der Waals surface area contributed by atoms with Crippen LogP contribution in [0, 0.1) is 5.92 Å². The van der Waals surface area contributed by atoms with Gasteiger partial charge < -0.3 is 15.2 Å². The highest BCUT2D eigenvalue weighted by Gasteiger charge is 2.50. The number of amides is 1. The molecular formula is C25H32N4O2. The van der Waals surface area contributed by atoms with Gasteiger partial charge in [-0.3, -0.25) is 4.79 Å². The SMILES string of the molecule is O=C(N[C@H]1CC[C@@H](c2nc(C3(CN[C@@H]4C[C@H]4c4ccccc4)CC3)no2)CC1)C1CC1. The molecule has 1 aromatic heterocycles. The van der Waals surface area contributed by atoms with Crippen molar-refractivity contribution in [3.8, 4) is 0 Å². The lowest BCUT2D eigenvalue weighted by Gasteiger charge is -2.27. The number of nitrogens with one attached hydrogen (secondary N) is 2. The van der Waals surface area contributed by atoms with Gasteiger partial charge in [-0.25, -0.2) is 0 Å². The molecule has 0 unspecified atom stereocenters. The minimum atomic E-state index is 0.0705. The quantitative estimate of drug-likeness (QED) is 0.679. The lowest BCUT2D eigenvalue weighted by atomic mass is 9.86. The molecule has 4 aliphatic carbocycles. The van der Waals surface area contributed by atoms with Crippen molar-refractivity contribution in [1.29, 1.82) is 0 Å². The summed E-state index contributed by atoms with van der Waals surface area (Å²) in [5, 5.41) is 11.4. The van der Waals surface area contributed by atoms with Crippen LogP contribution in [-0.2, 0) is 10.2 Å². The molecule has 2 atom stereocenters. The molecule has 164 valence electrons. The normalized spacial score (nSPS) is 31.2. The number of benzene rings is 1. The maximum Gasteiger partial charge on any atom is 0.229 e. The Morgan fingerprint density at radius 3 is 2.55 bits per heavy atom. The van der Waals surface area contributed by atoms with Gasteiger partial charge in [-0.1, -0.05) is 35.5 Å². The Labute approximate surface area is 183 Å². The summed E-state index contributed by atoms with van der Waals surface area (Å²) in [6.45, 7) is 0.944. The van der Waals surface area contributed by atoms with E-state index in [1.165, 1.54) is 12.0 Å². The Kier molecular flexibility index (Phi) is 4.86. The van der Waals surface area contributed by atoms with Gasteiger partial charge in [-0.2, -0.15) is 4.98 Å². The summed E-state index contributed by atoms with van der Waals surface area (Å²) in [5.74, 6) is 3.24. The Morgan fingerprint density at radius 2 is 1.84 bits per heavy atom. The molecule has 6 rings (SSSR count). The van der Waals surface area contributed by atoms with Gasteiger partial charge in [0.15, 0.2) is 5.82 Å². The molecule has 4 saturated carbocycles. The first kappa shape index (κ1) is 19.5. The van der Waals surface area contributed by atoms with Gasteiger partial charge in [0, 0.05) is 41.8 Å². The summed E-state index contributed by atoms with van der Waals surface area (Å²) >= 11 is 0. The van der Waals surface area contributed by atoms with Crippen LogP contribution < -0.4 is 10.6 Å². The second kappa shape index (κ2) is 7.73. The monoisotopic (exact) mass is 420 g/mol. The summed E-state index contributed by atoms with van der Waals surface area (Å²) in [6.07, 6.45) is 9.69. The molecule has 6 heteroatoms. The summed E-state index contributed by atoms with van der Waals surface area (Å²) in [7, 11) is 0. The van der Waals surface area contributed by atoms with E-state index < -0.39 is 0 Å². The third kappa shape index (κ3) is 4.14. The number of rotatable bonds is 8. The van der Waals surface area contributed by atoms with Crippen LogP contribution in [0.1, 0.15) is 86.9 Å². The molecule has 0 radical (unpaired) electrons. The van der Waals surface area contributed by atoms with E-state index in [0.29, 0.717) is 23.9 Å². The standard InChI is InChI=1S/C25H32N4O2/c30-22(17-6-7-17)27-19-10-8-18(9-11-19)23-28-24(29-31-23)25(12-13-25)15-26-21-14-20(21)16-4-2-1-3-5-16/h1-5,17-21,26H,6-15H2,(H,27,30)/t18-,19+,20-,21+/m0/s1. The molecule has 1 heterocycles. The number of nitrogens with zero attached hydrogens (tertiary/aromatic N) is 2. The van der Waals surface area contributed by atoms with Crippen molar-refractivity contribution in [2.45, 2.75) is 87.1 Å². The van der Waals surface area contributed by atoms with E-state index in [1.54, 1.807) is 0 Å². The van der Waals surface area contributed by atoms with Crippen LogP contribution in [0.2, 0.25) is 0 Å². The Balaban J connectivity index is 1.01. The average Bonchev–Trinajstić information content (AvgIpc) is 3.70. The maximum atomic E-state index is 12.0. The van der Waals surface area contributed by atoms with E-state index in [2.05, 4.69) is 46.1 Å². The largest absolute Gasteiger partial charge is 0.353 e. The third-order valence-corrected chi connectivity index (χ3v) is 7.86. The first-order valence-electron chi connectivity index (χ1n) is 12.1. The molecule has 1 aromatic carbocycles. The molecule has 2 aromatic rings. The third-order valence-electron chi connectivity index (χ3n) is 7.86. The van der Waals surface area contributed by atoms with Crippen molar-refractivity contribution in [2.75, 3.05) is 6.54 Å². The number of hydrogen-bond acceptors (Lipinski definition) is 5. The summed E-state index contributed by atoms with van der Waals surface area (Å²) in [5.41, 5.74) is 1.51. The first-order chi connectivity index (χ1) is 15.2. The number of carbonyl (C=O) groups excluding carboxylic acids is 1. The maximum absolute atomic E-state index is 12.0. The predicted octanol–water partition coefficient (Wildman–Crippen LogP) is 3.80. The average molecular weight is 421 g/mol. The molecule has 0 spiro atoms. The highest BCUT2D eigenvalue weighted by molar-refractivity contribution is 5.81. The van der Waals surface area contributed by atoms with Crippen LogP contribution in [0.25, 0.3) is 0 Å². The fraction of sp³-hybridized carbons (Fsp3) is 0.640. The lowest BCUT2D eigenvalue weighted by Crippen LogP contribution is -2.38. The van der Waals surface area contributed by atoms with Crippen LogP contribution in [0.15, 0.2) is 34.9 Å². The molecule has 4 fully saturated rings. The second-order valence-electron chi connectivity index (χ2n) is 10.3. The Hall–Kier alpha value is -2.21. The topological polar surface area (TPSA) is 80.0 Å². The Morgan fingerprint density at radius 1 is 1.06 bits per heavy atom. The van der Waals surface area contributed by atoms with Gasteiger partial charge in [0.05, 0.1) is 0 Å². The molecule has 0 saturated heterocycles. The molecule has 1 amide bonds. The lowest BCUT2D eigenvalue weighted by molar-refractivity contribution is -0.123. The predicted molar refractivity (Wildman–Crippen MR) is 117 cm³/mol. The smallest absolute Gasteiger partial charge is 0.229 e. The molecule has 6 nitrogen and oxygen atoms in total. The van der Waals surface area contributed by atoms with Crippen LogP contribution in [0.4, 0.5) is 0 Å². The van der Waals surface area contributed by atoms with Gasteiger partial charge in [0.1, 0.15) is 0 Å². The second-order valence-corrected chi connectivity index (χ2v) is 10.3. The van der Waals surface area contributed by atoms with Gasteiger partial charge in [0.25, 0.3) is 0 Å². The van der Waals surface area contributed by atoms with Crippen molar-refractivity contribution in [2.24, 2.45) is 5.92 Å². The van der Waals surface area contributed by atoms with E-state index >= 15 is 0 Å². The minimum absolute atomic E-state index is 0.0705. The molecule has 4 aliphatic rings. The molecule has 31 heavy (non-hydrogen) atoms. The van der Waals surface area contributed by atoms with Crippen LogP contribution in [-0.4, -0.2) is 34.7 Å². The van der Waals surface area contributed by atoms with Crippen molar-refractivity contribution >= 4 is 5.91 Å². The molecular weight excluding hydrogens is 388 g/mol. The van der Waals surface area contributed by atoms with Gasteiger partial charge in [0.2, 0.25) is 11.8 Å². The van der Waals surface area contributed by atoms with E-state index in [1.807, 2.05) is 0 Å². The minimum Gasteiger partial charge on any atom is -0.353 e. The number of aromatic nitrogens is 2. The number of carbonyl (C=O) groups is 1. The van der Waals surface area contributed by atoms with Crippen molar-refractivity contribution in [1.82, 2.24) is 20.8 Å². The van der Waals surface area contributed by atoms with Crippen LogP contribution in [0.5, 0.6) is 0 Å². The number of hydrogen-bond donors (Lipinski definition) is 2. The van der Waals surface area contributed by atoms with Crippen molar-refractivity contribution in [3.63, 3.8) is 0 Å². The fourth-order valence-corrected chi connectivity index (χ4v) is 5.21. The molecule has 0 bridgehead atoms. The van der Waals surface area contributed by atoms with E-state index in [-0.39, 0.29) is 17.2 Å². The van der Waals surface area contributed by atoms with E-state index in [0.717, 1.165) is 69.6 Å². The fourth-order valence-electron chi connectivity index (χ4n) is 5.21. The Bertz CT molecular complexity index is 926. The zero-order valence-corrected chi connectivity index (χ0v) is 18.1. The first-order valence-corrected chi connectivity index (χ1v) is 12.1. The van der Waals surface area contributed by atoms with Gasteiger partial charge >= 0.3 is 0 Å². The zero-order chi connectivity index (χ0) is 20.8. The molecule has 2 N–H and O–H groups in total. The van der Waals surface area contributed by atoms with Gasteiger partial charge in [-0.05, 0) is 63.4 Å². The van der Waals surface area contributed by atoms with Crippen molar-refractivity contribution < 1.29 is 9.32 Å².